The Balaban J connectivity index is 1.29. The fraction of sp³-hybridized carbons (Fsp3) is 0.478. The molecular weight excluding hydrogens is 410 g/mol. The summed E-state index contributed by atoms with van der Waals surface area (Å²) in [4.78, 5) is 43.6. The maximum Gasteiger partial charge on any atom is 0.321 e. The van der Waals surface area contributed by atoms with Gasteiger partial charge in [0.15, 0.2) is 0 Å². The number of aromatic nitrogens is 1. The molecular formula is C23H29N5O4. The summed E-state index contributed by atoms with van der Waals surface area (Å²) in [6.07, 6.45) is 1.56. The molecule has 0 radical (unpaired) electrons. The van der Waals surface area contributed by atoms with Gasteiger partial charge in [0.2, 0.25) is 11.7 Å². The molecule has 2 fully saturated rings. The molecule has 0 spiro atoms. The molecule has 1 atom stereocenters. The summed E-state index contributed by atoms with van der Waals surface area (Å²) in [5.74, 6) is -0.133. The second-order valence-corrected chi connectivity index (χ2v) is 8.53. The van der Waals surface area contributed by atoms with E-state index in [1.165, 1.54) is 0 Å². The maximum absolute atomic E-state index is 13.1. The van der Waals surface area contributed by atoms with Crippen LogP contribution in [0.25, 0.3) is 0 Å². The molecule has 32 heavy (non-hydrogen) atoms. The number of hydrogen-bond acceptors (Lipinski definition) is 5. The van der Waals surface area contributed by atoms with Gasteiger partial charge in [-0.25, -0.2) is 4.79 Å². The summed E-state index contributed by atoms with van der Waals surface area (Å²) >= 11 is 0. The van der Waals surface area contributed by atoms with Crippen LogP contribution in [-0.2, 0) is 4.79 Å². The number of carbonyl (C=O) groups excluding carboxylic acids is 3. The van der Waals surface area contributed by atoms with Gasteiger partial charge in [-0.1, -0.05) is 17.3 Å². The first-order valence-corrected chi connectivity index (χ1v) is 11.0. The van der Waals surface area contributed by atoms with Crippen molar-refractivity contribution in [3.8, 4) is 0 Å². The van der Waals surface area contributed by atoms with E-state index < -0.39 is 0 Å². The Morgan fingerprint density at radius 1 is 1.00 bits per heavy atom. The number of carbonyl (C=O) groups is 3. The van der Waals surface area contributed by atoms with E-state index in [9.17, 15) is 14.4 Å². The smallest absolute Gasteiger partial charge is 0.321 e. The Bertz CT molecular complexity index is 996. The van der Waals surface area contributed by atoms with Crippen molar-refractivity contribution in [2.45, 2.75) is 26.7 Å². The zero-order valence-electron chi connectivity index (χ0n) is 18.5. The number of rotatable bonds is 3. The van der Waals surface area contributed by atoms with Crippen molar-refractivity contribution in [1.29, 1.82) is 0 Å². The fourth-order valence-corrected chi connectivity index (χ4v) is 4.30. The molecule has 9 nitrogen and oxygen atoms in total. The molecule has 1 aromatic heterocycles. The number of nitrogens with one attached hydrogen (secondary N) is 1. The Labute approximate surface area is 187 Å². The molecule has 1 aromatic carbocycles. The molecule has 9 heteroatoms. The number of likely N-dealkylation sites (tertiary alicyclic amines) is 1. The highest BCUT2D eigenvalue weighted by Crippen LogP contribution is 2.21. The van der Waals surface area contributed by atoms with E-state index in [1.54, 1.807) is 22.8 Å². The van der Waals surface area contributed by atoms with E-state index in [4.69, 9.17) is 4.52 Å². The molecule has 2 aliphatic heterocycles. The summed E-state index contributed by atoms with van der Waals surface area (Å²) in [5, 5.41) is 6.70. The number of hydrogen-bond donors (Lipinski definition) is 1. The zero-order valence-corrected chi connectivity index (χ0v) is 18.5. The van der Waals surface area contributed by atoms with Crippen LogP contribution in [0.1, 0.15) is 34.7 Å². The first-order chi connectivity index (χ1) is 15.4. The van der Waals surface area contributed by atoms with Crippen LogP contribution in [0.5, 0.6) is 0 Å². The average molecular weight is 440 g/mol. The Morgan fingerprint density at radius 2 is 1.75 bits per heavy atom. The molecule has 2 saturated heterocycles. The highest BCUT2D eigenvalue weighted by Gasteiger charge is 2.34. The van der Waals surface area contributed by atoms with Crippen LogP contribution in [0.4, 0.5) is 10.5 Å². The number of anilines is 1. The Kier molecular flexibility index (Phi) is 6.43. The SMILES string of the molecule is Cc1cccc(NC(=O)N2CCCC(C(=O)N3CCN(C(=O)c4cc(C)no4)CC3)C2)c1. The zero-order chi connectivity index (χ0) is 22.7. The lowest BCUT2D eigenvalue weighted by Gasteiger charge is -2.38. The van der Waals surface area contributed by atoms with Gasteiger partial charge in [-0.05, 0) is 44.4 Å². The number of benzene rings is 1. The van der Waals surface area contributed by atoms with Crippen molar-refractivity contribution >= 4 is 23.5 Å². The van der Waals surface area contributed by atoms with Crippen molar-refractivity contribution in [1.82, 2.24) is 19.9 Å². The minimum Gasteiger partial charge on any atom is -0.351 e. The largest absolute Gasteiger partial charge is 0.351 e. The lowest BCUT2D eigenvalue weighted by atomic mass is 9.96. The van der Waals surface area contributed by atoms with Crippen molar-refractivity contribution in [2.75, 3.05) is 44.6 Å². The Morgan fingerprint density at radius 3 is 2.44 bits per heavy atom. The maximum atomic E-state index is 13.1. The lowest BCUT2D eigenvalue weighted by molar-refractivity contribution is -0.138. The second-order valence-electron chi connectivity index (χ2n) is 8.53. The topological polar surface area (TPSA) is 99.0 Å². The molecule has 170 valence electrons. The van der Waals surface area contributed by atoms with Crippen LogP contribution < -0.4 is 5.32 Å². The van der Waals surface area contributed by atoms with Gasteiger partial charge in [-0.3, -0.25) is 9.59 Å². The Hall–Kier alpha value is -3.36. The van der Waals surface area contributed by atoms with Gasteiger partial charge in [0.25, 0.3) is 5.91 Å². The molecule has 0 bridgehead atoms. The molecule has 4 rings (SSSR count). The summed E-state index contributed by atoms with van der Waals surface area (Å²) in [6.45, 7) is 6.65. The van der Waals surface area contributed by atoms with E-state index in [0.29, 0.717) is 45.0 Å². The molecule has 0 aliphatic carbocycles. The monoisotopic (exact) mass is 439 g/mol. The van der Waals surface area contributed by atoms with Crippen LogP contribution in [-0.4, -0.2) is 77.0 Å². The third kappa shape index (κ3) is 4.92. The van der Waals surface area contributed by atoms with Crippen LogP contribution in [0.2, 0.25) is 0 Å². The lowest BCUT2D eigenvalue weighted by Crippen LogP contribution is -2.54. The third-order valence-electron chi connectivity index (χ3n) is 6.04. The third-order valence-corrected chi connectivity index (χ3v) is 6.04. The minimum absolute atomic E-state index is 0.0562. The first-order valence-electron chi connectivity index (χ1n) is 11.0. The molecule has 1 unspecified atom stereocenters. The predicted molar refractivity (Wildman–Crippen MR) is 118 cm³/mol. The second kappa shape index (κ2) is 9.42. The van der Waals surface area contributed by atoms with Crippen LogP contribution >= 0.6 is 0 Å². The van der Waals surface area contributed by atoms with Gasteiger partial charge in [0, 0.05) is 51.0 Å². The van der Waals surface area contributed by atoms with Gasteiger partial charge in [-0.15, -0.1) is 0 Å². The van der Waals surface area contributed by atoms with E-state index >= 15 is 0 Å². The summed E-state index contributed by atoms with van der Waals surface area (Å²) < 4.78 is 5.07. The van der Waals surface area contributed by atoms with Gasteiger partial charge in [0.05, 0.1) is 11.6 Å². The molecule has 4 amide bonds. The summed E-state index contributed by atoms with van der Waals surface area (Å²) in [6, 6.07) is 9.11. The fourth-order valence-electron chi connectivity index (χ4n) is 4.30. The standard InChI is InChI=1S/C23H29N5O4/c1-16-5-3-7-19(13-16)24-23(31)28-8-4-6-18(15-28)21(29)26-9-11-27(12-10-26)22(30)20-14-17(2)25-32-20/h3,5,7,13-14,18H,4,6,8-12,15H2,1-2H3,(H,24,31). The number of urea groups is 1. The van der Waals surface area contributed by atoms with Crippen LogP contribution in [0, 0.1) is 19.8 Å². The van der Waals surface area contributed by atoms with Crippen molar-refractivity contribution < 1.29 is 18.9 Å². The minimum atomic E-state index is -0.216. The van der Waals surface area contributed by atoms with Gasteiger partial charge < -0.3 is 24.5 Å². The quantitative estimate of drug-likeness (QED) is 0.792. The summed E-state index contributed by atoms with van der Waals surface area (Å²) in [7, 11) is 0. The molecule has 3 heterocycles. The van der Waals surface area contributed by atoms with Crippen molar-refractivity contribution in [2.24, 2.45) is 5.92 Å². The van der Waals surface area contributed by atoms with Crippen molar-refractivity contribution in [3.63, 3.8) is 0 Å². The highest BCUT2D eigenvalue weighted by molar-refractivity contribution is 5.92. The average Bonchev–Trinajstić information content (AvgIpc) is 3.24. The number of amides is 4. The highest BCUT2D eigenvalue weighted by atomic mass is 16.5. The van der Waals surface area contributed by atoms with E-state index in [2.05, 4.69) is 10.5 Å². The van der Waals surface area contributed by atoms with Gasteiger partial charge >= 0.3 is 6.03 Å². The van der Waals surface area contributed by atoms with E-state index in [1.807, 2.05) is 36.1 Å². The molecule has 2 aromatic rings. The van der Waals surface area contributed by atoms with E-state index in [-0.39, 0.29) is 29.5 Å². The predicted octanol–water partition coefficient (Wildman–Crippen LogP) is 2.52. The van der Waals surface area contributed by atoms with Gasteiger partial charge in [0.1, 0.15) is 0 Å². The van der Waals surface area contributed by atoms with Gasteiger partial charge in [-0.2, -0.15) is 0 Å². The van der Waals surface area contributed by atoms with E-state index in [0.717, 1.165) is 24.1 Å². The first kappa shape index (κ1) is 21.9. The molecule has 1 N–H and O–H groups in total. The number of piperazine rings is 1. The number of piperidine rings is 1. The number of nitrogens with zero attached hydrogens (tertiary/aromatic N) is 4. The summed E-state index contributed by atoms with van der Waals surface area (Å²) in [5.41, 5.74) is 2.49. The molecule has 0 saturated carbocycles. The van der Waals surface area contributed by atoms with Crippen molar-refractivity contribution in [3.05, 3.63) is 47.3 Å². The van der Waals surface area contributed by atoms with Crippen LogP contribution in [0.3, 0.4) is 0 Å². The normalized spacial score (nSPS) is 19.1. The molecule has 2 aliphatic rings. The number of aryl methyl sites for hydroxylation is 2. The van der Waals surface area contributed by atoms with Crippen LogP contribution in [0.15, 0.2) is 34.9 Å².